The van der Waals surface area contributed by atoms with Crippen LogP contribution in [0.2, 0.25) is 0 Å². The Hall–Kier alpha value is -3.77. The maximum Gasteiger partial charge on any atom is 0.319 e. The number of thiophene rings is 1. The van der Waals surface area contributed by atoms with E-state index in [1.165, 1.54) is 6.20 Å². The summed E-state index contributed by atoms with van der Waals surface area (Å²) < 4.78 is 58.4. The van der Waals surface area contributed by atoms with Crippen molar-refractivity contribution in [2.75, 3.05) is 56.6 Å². The van der Waals surface area contributed by atoms with E-state index in [-0.39, 0.29) is 54.4 Å². The molecule has 3 saturated heterocycles. The van der Waals surface area contributed by atoms with E-state index >= 15 is 4.39 Å². The van der Waals surface area contributed by atoms with E-state index in [4.69, 9.17) is 20.2 Å². The highest BCUT2D eigenvalue weighted by molar-refractivity contribution is 7.23. The minimum atomic E-state index is -1.19. The molecule has 47 heavy (non-hydrogen) atoms. The molecule has 3 aliphatic heterocycles. The van der Waals surface area contributed by atoms with Crippen molar-refractivity contribution >= 4 is 43.1 Å². The van der Waals surface area contributed by atoms with Gasteiger partial charge in [-0.3, -0.25) is 9.88 Å². The van der Waals surface area contributed by atoms with Crippen LogP contribution in [0.5, 0.6) is 6.01 Å². The third-order valence-electron chi connectivity index (χ3n) is 10.8. The predicted molar refractivity (Wildman–Crippen MR) is 171 cm³/mol. The molecule has 2 aliphatic carbocycles. The molecule has 10 nitrogen and oxygen atoms in total. The number of anilines is 2. The Bertz CT molecular complexity index is 1980. The number of hydrogen-bond acceptors (Lipinski definition) is 11. The van der Waals surface area contributed by atoms with Gasteiger partial charge in [0.2, 0.25) is 0 Å². The zero-order chi connectivity index (χ0) is 32.1. The summed E-state index contributed by atoms with van der Waals surface area (Å²) in [5.41, 5.74) is 5.73. The van der Waals surface area contributed by atoms with Gasteiger partial charge in [0.1, 0.15) is 28.1 Å². The Labute approximate surface area is 272 Å². The SMILES string of the molecule is N#Cc1c(N)sc2c(F)c(F)cc(-c3ncc4c(N5CC6CCC(C5)N6)nc(OCC5(CN6CCOCC67CC7)CC5)nc4c3F)c12. The van der Waals surface area contributed by atoms with Gasteiger partial charge in [-0.2, -0.15) is 15.2 Å². The number of nitrogens with zero attached hydrogens (tertiary/aromatic N) is 6. The fourth-order valence-electron chi connectivity index (χ4n) is 7.78. The Morgan fingerprint density at radius 3 is 2.64 bits per heavy atom. The molecule has 2 saturated carbocycles. The van der Waals surface area contributed by atoms with Crippen LogP contribution in [-0.2, 0) is 4.74 Å². The molecule has 244 valence electrons. The Morgan fingerprint density at radius 1 is 1.13 bits per heavy atom. The van der Waals surface area contributed by atoms with Gasteiger partial charge in [-0.05, 0) is 44.6 Å². The number of nitriles is 1. The number of pyridine rings is 1. The van der Waals surface area contributed by atoms with Gasteiger partial charge in [0.15, 0.2) is 17.5 Å². The van der Waals surface area contributed by atoms with E-state index in [1.54, 1.807) is 0 Å². The molecule has 2 atom stereocenters. The maximum absolute atomic E-state index is 16.8. The van der Waals surface area contributed by atoms with E-state index in [2.05, 4.69) is 25.1 Å². The Morgan fingerprint density at radius 2 is 1.91 bits per heavy atom. The fraction of sp³-hybridized carbons (Fsp3) is 0.515. The molecule has 0 amide bonds. The average molecular weight is 663 g/mol. The highest BCUT2D eigenvalue weighted by atomic mass is 32.1. The molecule has 1 aromatic carbocycles. The zero-order valence-electron chi connectivity index (χ0n) is 25.6. The van der Waals surface area contributed by atoms with Gasteiger partial charge in [0.05, 0.1) is 35.5 Å². The highest BCUT2D eigenvalue weighted by Crippen LogP contribution is 2.52. The van der Waals surface area contributed by atoms with Gasteiger partial charge < -0.3 is 25.4 Å². The lowest BCUT2D eigenvalue weighted by Gasteiger charge is -2.38. The normalized spacial score (nSPS) is 24.3. The first-order chi connectivity index (χ1) is 22.8. The number of ether oxygens (including phenoxy) is 2. The van der Waals surface area contributed by atoms with E-state index in [1.807, 2.05) is 6.07 Å². The summed E-state index contributed by atoms with van der Waals surface area (Å²) in [6.07, 6.45) is 7.94. The number of hydrogen-bond donors (Lipinski definition) is 2. The van der Waals surface area contributed by atoms with Gasteiger partial charge in [-0.25, -0.2) is 13.2 Å². The van der Waals surface area contributed by atoms with Crippen LogP contribution < -0.4 is 20.7 Å². The fourth-order valence-corrected chi connectivity index (χ4v) is 8.75. The van der Waals surface area contributed by atoms with Crippen LogP contribution in [0.25, 0.3) is 32.2 Å². The van der Waals surface area contributed by atoms with Crippen molar-refractivity contribution in [3.05, 3.63) is 35.3 Å². The minimum absolute atomic E-state index is 0.0155. The summed E-state index contributed by atoms with van der Waals surface area (Å²) >= 11 is 0.745. The molecular weight excluding hydrogens is 629 g/mol. The molecule has 14 heteroatoms. The quantitative estimate of drug-likeness (QED) is 0.287. The molecular formula is C33H33F3N8O2S. The lowest BCUT2D eigenvalue weighted by atomic mass is 10.0. The number of nitrogens with one attached hydrogen (secondary N) is 1. The number of rotatable bonds is 7. The number of nitrogens with two attached hydrogens (primary N) is 1. The van der Waals surface area contributed by atoms with Crippen molar-refractivity contribution < 1.29 is 22.6 Å². The molecule has 5 aliphatic rings. The summed E-state index contributed by atoms with van der Waals surface area (Å²) in [6.45, 7) is 5.12. The van der Waals surface area contributed by atoms with Crippen LogP contribution in [-0.4, -0.2) is 83.5 Å². The van der Waals surface area contributed by atoms with Crippen LogP contribution in [0.1, 0.15) is 44.1 Å². The predicted octanol–water partition coefficient (Wildman–Crippen LogP) is 4.74. The summed E-state index contributed by atoms with van der Waals surface area (Å²) in [5.74, 6) is -2.63. The monoisotopic (exact) mass is 662 g/mol. The molecule has 4 aromatic rings. The third kappa shape index (κ3) is 4.81. The standard InChI is InChI=1S/C33H33F3N8O2S/c34-22-9-19(23-20(10-37)29(38)47-28(23)24(22)35)26-25(36)27-21(11-39-26)30(43-12-17-1-2-18(13-43)40-17)42-31(41-27)46-15-32(3-4-32)14-44-7-8-45-16-33(44)5-6-33/h9,11,17-18,40H,1-8,12-16,38H2. The minimum Gasteiger partial charge on any atom is -0.463 e. The first kappa shape index (κ1) is 29.4. The average Bonchev–Trinajstić information content (AvgIpc) is 3.97. The second kappa shape index (κ2) is 10.6. The van der Waals surface area contributed by atoms with Gasteiger partial charge in [0.25, 0.3) is 0 Å². The summed E-state index contributed by atoms with van der Waals surface area (Å²) in [7, 11) is 0. The first-order valence-electron chi connectivity index (χ1n) is 16.2. The van der Waals surface area contributed by atoms with Crippen LogP contribution in [0.15, 0.2) is 12.3 Å². The van der Waals surface area contributed by atoms with E-state index < -0.39 is 17.5 Å². The maximum atomic E-state index is 16.8. The third-order valence-corrected chi connectivity index (χ3v) is 11.8. The van der Waals surface area contributed by atoms with Crippen LogP contribution in [0.4, 0.5) is 24.0 Å². The second-order valence-corrected chi connectivity index (χ2v) is 15.0. The Kier molecular flexibility index (Phi) is 6.64. The number of piperazine rings is 1. The summed E-state index contributed by atoms with van der Waals surface area (Å²) in [5, 5.41) is 13.9. The van der Waals surface area contributed by atoms with Gasteiger partial charge in [0, 0.05) is 66.4 Å². The largest absolute Gasteiger partial charge is 0.463 e. The van der Waals surface area contributed by atoms with Gasteiger partial charge in [-0.1, -0.05) is 0 Å². The van der Waals surface area contributed by atoms with Gasteiger partial charge >= 0.3 is 6.01 Å². The van der Waals surface area contributed by atoms with Crippen LogP contribution in [0, 0.1) is 34.2 Å². The smallest absolute Gasteiger partial charge is 0.319 e. The number of nitrogen functional groups attached to an aromatic ring is 1. The molecule has 2 unspecified atom stereocenters. The lowest BCUT2D eigenvalue weighted by Crippen LogP contribution is -2.51. The number of aromatic nitrogens is 3. The van der Waals surface area contributed by atoms with E-state index in [9.17, 15) is 14.0 Å². The Balaban J connectivity index is 1.12. The van der Waals surface area contributed by atoms with Crippen LogP contribution >= 0.6 is 11.3 Å². The summed E-state index contributed by atoms with van der Waals surface area (Å²) in [4.78, 5) is 18.5. The van der Waals surface area contributed by atoms with Crippen LogP contribution in [0.3, 0.4) is 0 Å². The summed E-state index contributed by atoms with van der Waals surface area (Å²) in [6, 6.07) is 3.48. The zero-order valence-corrected chi connectivity index (χ0v) is 26.4. The van der Waals surface area contributed by atoms with Crippen molar-refractivity contribution in [2.24, 2.45) is 5.41 Å². The second-order valence-electron chi connectivity index (χ2n) is 13.9. The molecule has 3 aromatic heterocycles. The van der Waals surface area contributed by atoms with Gasteiger partial charge in [-0.15, -0.1) is 11.3 Å². The van der Waals surface area contributed by atoms with Crippen molar-refractivity contribution in [1.29, 1.82) is 5.26 Å². The van der Waals surface area contributed by atoms with Crippen molar-refractivity contribution in [1.82, 2.24) is 25.2 Å². The van der Waals surface area contributed by atoms with Crippen molar-refractivity contribution in [3.63, 3.8) is 0 Å². The van der Waals surface area contributed by atoms with Crippen molar-refractivity contribution in [3.8, 4) is 23.3 Å². The lowest BCUT2D eigenvalue weighted by molar-refractivity contribution is -0.0326. The number of morpholine rings is 1. The number of benzene rings is 1. The molecule has 2 bridgehead atoms. The topological polar surface area (TPSA) is 125 Å². The van der Waals surface area contributed by atoms with Crippen molar-refractivity contribution in [2.45, 2.75) is 56.1 Å². The molecule has 9 rings (SSSR count). The van der Waals surface area contributed by atoms with E-state index in [0.717, 1.165) is 82.2 Å². The number of fused-ring (bicyclic) bond motifs is 4. The highest BCUT2D eigenvalue weighted by Gasteiger charge is 2.54. The molecule has 5 fully saturated rings. The molecule has 6 heterocycles. The molecule has 1 spiro atoms. The molecule has 3 N–H and O–H groups in total. The first-order valence-corrected chi connectivity index (χ1v) is 17.0. The number of halogens is 3. The molecule has 0 radical (unpaired) electrons. The van der Waals surface area contributed by atoms with E-state index in [0.29, 0.717) is 43.0 Å².